The van der Waals surface area contributed by atoms with Crippen LogP contribution in [-0.2, 0) is 14.9 Å². The highest BCUT2D eigenvalue weighted by Gasteiger charge is 2.30. The molecule has 8 heteroatoms. The van der Waals surface area contributed by atoms with Gasteiger partial charge in [-0.2, -0.15) is 4.68 Å². The summed E-state index contributed by atoms with van der Waals surface area (Å²) in [5.74, 6) is 0.122. The molecule has 0 saturated heterocycles. The molecule has 7 nitrogen and oxygen atoms in total. The summed E-state index contributed by atoms with van der Waals surface area (Å²) >= 11 is 1.15. The van der Waals surface area contributed by atoms with Crippen LogP contribution >= 0.6 is 11.8 Å². The largest absolute Gasteiger partial charge is 0.468 e. The molecule has 0 aliphatic rings. The van der Waals surface area contributed by atoms with Gasteiger partial charge in [-0.25, -0.2) is 9.78 Å². The van der Waals surface area contributed by atoms with Crippen LogP contribution in [0.3, 0.4) is 0 Å². The third-order valence-electron chi connectivity index (χ3n) is 3.55. The van der Waals surface area contributed by atoms with E-state index in [2.05, 4.69) is 10.1 Å². The highest BCUT2D eigenvalue weighted by Crippen LogP contribution is 2.36. The minimum Gasteiger partial charge on any atom is -0.468 e. The molecular formula is C18H24N4O3S. The molecule has 1 aromatic heterocycles. The minimum atomic E-state index is -0.646. The lowest BCUT2D eigenvalue weighted by molar-refractivity contribution is -0.140. The van der Waals surface area contributed by atoms with Crippen molar-refractivity contribution in [3.8, 4) is 0 Å². The molecule has 0 bridgehead atoms. The molecule has 26 heavy (non-hydrogen) atoms. The first-order valence-corrected chi connectivity index (χ1v) is 9.01. The third kappa shape index (κ3) is 4.43. The smallest absolute Gasteiger partial charge is 0.346 e. The molecule has 0 saturated carbocycles. The third-order valence-corrected chi connectivity index (χ3v) is 4.73. The van der Waals surface area contributed by atoms with Crippen molar-refractivity contribution in [3.63, 3.8) is 0 Å². The van der Waals surface area contributed by atoms with E-state index in [4.69, 9.17) is 4.74 Å². The van der Waals surface area contributed by atoms with Gasteiger partial charge < -0.3 is 9.64 Å². The van der Waals surface area contributed by atoms with Crippen molar-refractivity contribution in [1.82, 2.24) is 19.7 Å². The predicted octanol–water partition coefficient (Wildman–Crippen LogP) is 3.11. The van der Waals surface area contributed by atoms with E-state index in [9.17, 15) is 9.59 Å². The average Bonchev–Trinajstić information content (AvgIpc) is 3.03. The Morgan fingerprint density at radius 3 is 2.31 bits per heavy atom. The second kappa shape index (κ2) is 7.90. The quantitative estimate of drug-likeness (QED) is 0.603. The SMILES string of the molecule is COC(=O)C(Sc1nc(C(C)(C)C)nn1C(=O)N(C)C)c1ccccc1. The van der Waals surface area contributed by atoms with Crippen molar-refractivity contribution in [2.45, 2.75) is 36.6 Å². The van der Waals surface area contributed by atoms with Crippen LogP contribution in [0.25, 0.3) is 0 Å². The summed E-state index contributed by atoms with van der Waals surface area (Å²) in [4.78, 5) is 30.8. The van der Waals surface area contributed by atoms with Crippen molar-refractivity contribution in [3.05, 3.63) is 41.7 Å². The molecule has 1 heterocycles. The summed E-state index contributed by atoms with van der Waals surface area (Å²) in [5, 5.41) is 4.08. The second-order valence-corrected chi connectivity index (χ2v) is 8.06. The molecule has 0 N–H and O–H groups in total. The summed E-state index contributed by atoms with van der Waals surface area (Å²) in [7, 11) is 4.63. The van der Waals surface area contributed by atoms with Crippen molar-refractivity contribution >= 4 is 23.8 Å². The number of rotatable bonds is 4. The van der Waals surface area contributed by atoms with Crippen LogP contribution in [0.1, 0.15) is 37.4 Å². The lowest BCUT2D eigenvalue weighted by Crippen LogP contribution is -2.29. The van der Waals surface area contributed by atoms with Gasteiger partial charge >= 0.3 is 12.0 Å². The number of carbonyl (C=O) groups is 2. The molecule has 1 aromatic carbocycles. The maximum atomic E-state index is 12.5. The number of esters is 1. The number of carbonyl (C=O) groups excluding carboxylic acids is 2. The summed E-state index contributed by atoms with van der Waals surface area (Å²) in [6.45, 7) is 5.91. The van der Waals surface area contributed by atoms with Gasteiger partial charge in [0.2, 0.25) is 0 Å². The van der Waals surface area contributed by atoms with Crippen LogP contribution in [0.15, 0.2) is 35.5 Å². The van der Waals surface area contributed by atoms with E-state index in [1.807, 2.05) is 51.1 Å². The Morgan fingerprint density at radius 2 is 1.81 bits per heavy atom. The van der Waals surface area contributed by atoms with E-state index < -0.39 is 11.2 Å². The minimum absolute atomic E-state index is 0.327. The molecule has 0 fully saturated rings. The van der Waals surface area contributed by atoms with Crippen LogP contribution in [-0.4, -0.2) is 52.9 Å². The zero-order chi connectivity index (χ0) is 19.5. The van der Waals surface area contributed by atoms with E-state index >= 15 is 0 Å². The van der Waals surface area contributed by atoms with Crippen molar-refractivity contribution in [2.24, 2.45) is 0 Å². The van der Waals surface area contributed by atoms with E-state index in [-0.39, 0.29) is 11.4 Å². The molecule has 0 radical (unpaired) electrons. The molecular weight excluding hydrogens is 352 g/mol. The highest BCUT2D eigenvalue weighted by atomic mass is 32.2. The fourth-order valence-electron chi connectivity index (χ4n) is 2.10. The first-order chi connectivity index (χ1) is 12.1. The zero-order valence-electron chi connectivity index (χ0n) is 15.9. The Morgan fingerprint density at radius 1 is 1.19 bits per heavy atom. The number of amides is 1. The van der Waals surface area contributed by atoms with Crippen molar-refractivity contribution in [2.75, 3.05) is 21.2 Å². The Kier molecular flexibility index (Phi) is 6.07. The predicted molar refractivity (Wildman–Crippen MR) is 100 cm³/mol. The first-order valence-electron chi connectivity index (χ1n) is 8.13. The lowest BCUT2D eigenvalue weighted by atomic mass is 9.96. The van der Waals surface area contributed by atoms with Gasteiger partial charge in [0.25, 0.3) is 0 Å². The molecule has 1 atom stereocenters. The summed E-state index contributed by atoms with van der Waals surface area (Å²) in [6.07, 6.45) is 0. The van der Waals surface area contributed by atoms with Crippen molar-refractivity contribution in [1.29, 1.82) is 0 Å². The topological polar surface area (TPSA) is 77.3 Å². The number of hydrogen-bond donors (Lipinski definition) is 0. The van der Waals surface area contributed by atoms with Gasteiger partial charge in [-0.3, -0.25) is 4.79 Å². The zero-order valence-corrected chi connectivity index (χ0v) is 16.7. The molecule has 1 amide bonds. The number of nitrogens with zero attached hydrogens (tertiary/aromatic N) is 4. The number of aromatic nitrogens is 3. The molecule has 0 aliphatic carbocycles. The Hall–Kier alpha value is -2.35. The molecule has 140 valence electrons. The number of methoxy groups -OCH3 is 1. The Labute approximate surface area is 157 Å². The van der Waals surface area contributed by atoms with E-state index in [1.54, 1.807) is 14.1 Å². The van der Waals surface area contributed by atoms with Crippen LogP contribution in [0.5, 0.6) is 0 Å². The molecule has 0 aliphatic heterocycles. The molecule has 0 spiro atoms. The molecule has 2 rings (SSSR count). The van der Waals surface area contributed by atoms with E-state index in [1.165, 1.54) is 16.7 Å². The Bertz CT molecular complexity index is 781. The molecule has 1 unspecified atom stereocenters. The second-order valence-electron chi connectivity index (χ2n) is 6.99. The lowest BCUT2D eigenvalue weighted by Gasteiger charge is -2.15. The normalized spacial score (nSPS) is 12.5. The fraction of sp³-hybridized carbons (Fsp3) is 0.444. The van der Waals surface area contributed by atoms with E-state index in [0.29, 0.717) is 11.0 Å². The van der Waals surface area contributed by atoms with Gasteiger partial charge in [0.1, 0.15) is 5.25 Å². The van der Waals surface area contributed by atoms with Gasteiger partial charge in [-0.15, -0.1) is 5.10 Å². The van der Waals surface area contributed by atoms with Crippen LogP contribution in [0, 0.1) is 0 Å². The van der Waals surface area contributed by atoms with Crippen LogP contribution in [0.4, 0.5) is 4.79 Å². The van der Waals surface area contributed by atoms with Gasteiger partial charge in [0.05, 0.1) is 7.11 Å². The summed E-state index contributed by atoms with van der Waals surface area (Å²) < 4.78 is 6.19. The first kappa shape index (κ1) is 20.0. The van der Waals surface area contributed by atoms with Gasteiger partial charge in [-0.05, 0) is 5.56 Å². The number of hydrogen-bond acceptors (Lipinski definition) is 6. The van der Waals surface area contributed by atoms with Crippen LogP contribution in [0.2, 0.25) is 0 Å². The van der Waals surface area contributed by atoms with Gasteiger partial charge in [-0.1, -0.05) is 62.9 Å². The maximum Gasteiger partial charge on any atom is 0.346 e. The number of thioether (sulfide) groups is 1. The summed E-state index contributed by atoms with van der Waals surface area (Å²) in [5.41, 5.74) is 0.439. The summed E-state index contributed by atoms with van der Waals surface area (Å²) in [6, 6.07) is 8.93. The van der Waals surface area contributed by atoms with Gasteiger partial charge in [0, 0.05) is 19.5 Å². The van der Waals surface area contributed by atoms with Crippen molar-refractivity contribution < 1.29 is 14.3 Å². The maximum absolute atomic E-state index is 12.5. The Balaban J connectivity index is 2.49. The van der Waals surface area contributed by atoms with Gasteiger partial charge in [0.15, 0.2) is 11.0 Å². The highest BCUT2D eigenvalue weighted by molar-refractivity contribution is 8.00. The average molecular weight is 376 g/mol. The monoisotopic (exact) mass is 376 g/mol. The fourth-order valence-corrected chi connectivity index (χ4v) is 3.15. The number of benzene rings is 1. The standard InChI is InChI=1S/C18H24N4O3S/c1-18(2,3)15-19-16(22(20-15)17(24)21(4)5)26-13(14(23)25-6)12-10-8-7-9-11-12/h7-11,13H,1-6H3. The van der Waals surface area contributed by atoms with Crippen LogP contribution < -0.4 is 0 Å². The van der Waals surface area contributed by atoms with E-state index in [0.717, 1.165) is 17.3 Å². The number of ether oxygens (including phenoxy) is 1. The molecule has 2 aromatic rings.